The summed E-state index contributed by atoms with van der Waals surface area (Å²) in [6.45, 7) is 23.2. The SMILES string of the molecule is C=C/C(C)=C\C(=C)C(=C)/C=C\C(=C)C.CC. The van der Waals surface area contributed by atoms with E-state index in [0.717, 1.165) is 22.3 Å². The molecule has 16 heavy (non-hydrogen) atoms. The van der Waals surface area contributed by atoms with Crippen molar-refractivity contribution in [2.75, 3.05) is 0 Å². The van der Waals surface area contributed by atoms with Crippen molar-refractivity contribution in [3.05, 3.63) is 72.9 Å². The fourth-order valence-electron chi connectivity index (χ4n) is 0.776. The summed E-state index contributed by atoms with van der Waals surface area (Å²) in [5.41, 5.74) is 3.89. The molecule has 0 N–H and O–H groups in total. The average molecular weight is 216 g/mol. The quantitative estimate of drug-likeness (QED) is 0.540. The third kappa shape index (κ3) is 9.01. The maximum Gasteiger partial charge on any atom is -0.0259 e. The minimum atomic E-state index is 0.897. The molecular weight excluding hydrogens is 192 g/mol. The lowest BCUT2D eigenvalue weighted by Gasteiger charge is -2.00. The summed E-state index contributed by atoms with van der Waals surface area (Å²) in [6.07, 6.45) is 7.58. The molecule has 0 aliphatic heterocycles. The molecule has 0 spiro atoms. The highest BCUT2D eigenvalue weighted by Gasteiger charge is 1.92. The van der Waals surface area contributed by atoms with Crippen molar-refractivity contribution in [2.24, 2.45) is 0 Å². The van der Waals surface area contributed by atoms with E-state index in [1.165, 1.54) is 0 Å². The van der Waals surface area contributed by atoms with Gasteiger partial charge >= 0.3 is 0 Å². The molecule has 0 atom stereocenters. The molecule has 0 rings (SSSR count). The monoisotopic (exact) mass is 216 g/mol. The number of hydrogen-bond donors (Lipinski definition) is 0. The van der Waals surface area contributed by atoms with E-state index in [1.54, 1.807) is 6.08 Å². The lowest BCUT2D eigenvalue weighted by molar-refractivity contribution is 1.47. The van der Waals surface area contributed by atoms with Gasteiger partial charge in [-0.25, -0.2) is 0 Å². The predicted octanol–water partition coefficient (Wildman–Crippen LogP) is 5.39. The Hall–Kier alpha value is -1.56. The fraction of sp³-hybridized carbons (Fsp3) is 0.250. The van der Waals surface area contributed by atoms with Crippen molar-refractivity contribution >= 4 is 0 Å². The Morgan fingerprint density at radius 1 is 0.875 bits per heavy atom. The molecule has 0 bridgehead atoms. The first kappa shape index (κ1) is 16.9. The Labute approximate surface area is 101 Å². The van der Waals surface area contributed by atoms with Gasteiger partial charge in [0.25, 0.3) is 0 Å². The van der Waals surface area contributed by atoms with Crippen molar-refractivity contribution < 1.29 is 0 Å². The van der Waals surface area contributed by atoms with Crippen molar-refractivity contribution in [1.29, 1.82) is 0 Å². The Morgan fingerprint density at radius 2 is 1.38 bits per heavy atom. The van der Waals surface area contributed by atoms with Gasteiger partial charge in [0.1, 0.15) is 0 Å². The molecule has 0 nitrogen and oxygen atoms in total. The van der Waals surface area contributed by atoms with E-state index in [9.17, 15) is 0 Å². The second-order valence-electron chi connectivity index (χ2n) is 3.32. The highest BCUT2D eigenvalue weighted by molar-refractivity contribution is 5.46. The highest BCUT2D eigenvalue weighted by Crippen LogP contribution is 2.12. The van der Waals surface area contributed by atoms with Gasteiger partial charge in [-0.05, 0) is 25.0 Å². The topological polar surface area (TPSA) is 0 Å². The average Bonchev–Trinajstić information content (AvgIpc) is 2.28. The third-order valence-corrected chi connectivity index (χ3v) is 1.71. The zero-order valence-corrected chi connectivity index (χ0v) is 11.1. The van der Waals surface area contributed by atoms with E-state index >= 15 is 0 Å². The molecule has 0 amide bonds. The first-order valence-electron chi connectivity index (χ1n) is 5.50. The van der Waals surface area contributed by atoms with Crippen LogP contribution in [0.5, 0.6) is 0 Å². The van der Waals surface area contributed by atoms with Gasteiger partial charge in [-0.2, -0.15) is 0 Å². The Morgan fingerprint density at radius 3 is 1.75 bits per heavy atom. The molecular formula is C16H24. The maximum atomic E-state index is 3.92. The van der Waals surface area contributed by atoms with E-state index in [1.807, 2.05) is 45.9 Å². The van der Waals surface area contributed by atoms with E-state index in [4.69, 9.17) is 0 Å². The summed E-state index contributed by atoms with van der Waals surface area (Å²) in [7, 11) is 0. The minimum Gasteiger partial charge on any atom is -0.0988 e. The molecule has 0 heterocycles. The molecule has 0 heteroatoms. The number of hydrogen-bond acceptors (Lipinski definition) is 0. The first-order valence-corrected chi connectivity index (χ1v) is 5.50. The van der Waals surface area contributed by atoms with E-state index in [-0.39, 0.29) is 0 Å². The van der Waals surface area contributed by atoms with Crippen LogP contribution >= 0.6 is 0 Å². The summed E-state index contributed by atoms with van der Waals surface area (Å²) < 4.78 is 0. The van der Waals surface area contributed by atoms with Crippen LogP contribution in [0, 0.1) is 0 Å². The Balaban J connectivity index is 0. The summed E-state index contributed by atoms with van der Waals surface area (Å²) in [5.74, 6) is 0. The third-order valence-electron chi connectivity index (χ3n) is 1.71. The van der Waals surface area contributed by atoms with Gasteiger partial charge in [-0.15, -0.1) is 0 Å². The standard InChI is InChI=1S/C14H18.C2H6/c1-7-12(4)10-14(6)13(5)9-8-11(2)3;1-2/h7-10H,1-2,5-6H2,3-4H3;1-2H3/b9-8-,12-10-;. The van der Waals surface area contributed by atoms with Crippen LogP contribution < -0.4 is 0 Å². The van der Waals surface area contributed by atoms with Crippen molar-refractivity contribution in [3.8, 4) is 0 Å². The van der Waals surface area contributed by atoms with Crippen LogP contribution in [0.2, 0.25) is 0 Å². The van der Waals surface area contributed by atoms with Gasteiger partial charge in [0.2, 0.25) is 0 Å². The van der Waals surface area contributed by atoms with Crippen LogP contribution in [0.1, 0.15) is 27.7 Å². The van der Waals surface area contributed by atoms with Crippen LogP contribution in [-0.4, -0.2) is 0 Å². The summed E-state index contributed by atoms with van der Waals surface area (Å²) in [5, 5.41) is 0. The smallest absolute Gasteiger partial charge is 0.0259 e. The molecule has 0 saturated carbocycles. The predicted molar refractivity (Wildman–Crippen MR) is 77.5 cm³/mol. The lowest BCUT2D eigenvalue weighted by Crippen LogP contribution is -1.80. The molecule has 0 aliphatic carbocycles. The molecule has 88 valence electrons. The number of allylic oxidation sites excluding steroid dienone is 8. The van der Waals surface area contributed by atoms with Crippen LogP contribution in [0.4, 0.5) is 0 Å². The summed E-state index contributed by atoms with van der Waals surface area (Å²) in [4.78, 5) is 0. The Bertz CT molecular complexity index is 322. The molecule has 0 fully saturated rings. The zero-order chi connectivity index (χ0) is 13.1. The van der Waals surface area contributed by atoms with Gasteiger partial charge in [0.15, 0.2) is 0 Å². The molecule has 0 saturated heterocycles. The molecule has 0 radical (unpaired) electrons. The number of rotatable bonds is 5. The van der Waals surface area contributed by atoms with Crippen LogP contribution in [0.25, 0.3) is 0 Å². The van der Waals surface area contributed by atoms with Crippen LogP contribution in [-0.2, 0) is 0 Å². The summed E-state index contributed by atoms with van der Waals surface area (Å²) >= 11 is 0. The van der Waals surface area contributed by atoms with Gasteiger partial charge in [-0.1, -0.05) is 75.6 Å². The van der Waals surface area contributed by atoms with Gasteiger partial charge < -0.3 is 0 Å². The summed E-state index contributed by atoms with van der Waals surface area (Å²) in [6, 6.07) is 0. The lowest BCUT2D eigenvalue weighted by atomic mass is 10.1. The van der Waals surface area contributed by atoms with Crippen molar-refractivity contribution in [2.45, 2.75) is 27.7 Å². The van der Waals surface area contributed by atoms with Gasteiger partial charge in [0.05, 0.1) is 0 Å². The maximum absolute atomic E-state index is 3.92. The zero-order valence-electron chi connectivity index (χ0n) is 11.1. The van der Waals surface area contributed by atoms with Crippen molar-refractivity contribution in [1.82, 2.24) is 0 Å². The minimum absolute atomic E-state index is 0.897. The normalized spacial score (nSPS) is 10.4. The van der Waals surface area contributed by atoms with E-state index in [0.29, 0.717) is 0 Å². The molecule has 0 aromatic carbocycles. The molecule has 0 unspecified atom stereocenters. The fourth-order valence-corrected chi connectivity index (χ4v) is 0.776. The van der Waals surface area contributed by atoms with E-state index in [2.05, 4.69) is 26.3 Å². The van der Waals surface area contributed by atoms with E-state index < -0.39 is 0 Å². The second kappa shape index (κ2) is 9.97. The van der Waals surface area contributed by atoms with Gasteiger partial charge in [0, 0.05) is 0 Å². The Kier molecular flexibility index (Phi) is 10.5. The highest BCUT2D eigenvalue weighted by atomic mass is 14.0. The van der Waals surface area contributed by atoms with Gasteiger partial charge in [-0.3, -0.25) is 0 Å². The van der Waals surface area contributed by atoms with Crippen LogP contribution in [0.15, 0.2) is 72.9 Å². The molecule has 0 aromatic rings. The molecule has 0 aromatic heterocycles. The first-order chi connectivity index (χ1) is 7.47. The molecule has 0 aliphatic rings. The van der Waals surface area contributed by atoms with Crippen molar-refractivity contribution in [3.63, 3.8) is 0 Å². The second-order valence-corrected chi connectivity index (χ2v) is 3.32. The largest absolute Gasteiger partial charge is 0.0988 e. The van der Waals surface area contributed by atoms with Crippen LogP contribution in [0.3, 0.4) is 0 Å².